The van der Waals surface area contributed by atoms with Crippen molar-refractivity contribution < 1.29 is 0 Å². The van der Waals surface area contributed by atoms with Crippen molar-refractivity contribution in [3.8, 4) is 0 Å². The second-order valence-corrected chi connectivity index (χ2v) is 3.94. The minimum Gasteiger partial charge on any atom is -0.0587 e. The molecule has 0 spiro atoms. The lowest BCUT2D eigenvalue weighted by Crippen LogP contribution is -1.78. The summed E-state index contributed by atoms with van der Waals surface area (Å²) >= 11 is 0. The van der Waals surface area contributed by atoms with E-state index in [0.717, 1.165) is 0 Å². The molecule has 15 heavy (non-hydrogen) atoms. The fraction of sp³-hybridized carbons (Fsp3) is 0.0667. The molecule has 0 aliphatic carbocycles. The Morgan fingerprint density at radius 1 is 0.867 bits per heavy atom. The van der Waals surface area contributed by atoms with E-state index in [1.165, 1.54) is 27.1 Å². The summed E-state index contributed by atoms with van der Waals surface area (Å²) in [6.07, 6.45) is 0. The summed E-state index contributed by atoms with van der Waals surface area (Å²) in [6.45, 7) is 2.13. The molecule has 0 heteroatoms. The van der Waals surface area contributed by atoms with Crippen LogP contribution in [-0.2, 0) is 0 Å². The average Bonchev–Trinajstić information content (AvgIpc) is 2.28. The number of fused-ring (bicyclic) bond motifs is 3. The summed E-state index contributed by atoms with van der Waals surface area (Å²) in [5.74, 6) is 0. The fourth-order valence-corrected chi connectivity index (χ4v) is 2.07. The second kappa shape index (κ2) is 3.09. The van der Waals surface area contributed by atoms with Gasteiger partial charge in [0.25, 0.3) is 0 Å². The van der Waals surface area contributed by atoms with E-state index in [-0.39, 0.29) is 0 Å². The average molecular weight is 191 g/mol. The van der Waals surface area contributed by atoms with Crippen LogP contribution in [0.2, 0.25) is 0 Å². The van der Waals surface area contributed by atoms with Crippen LogP contribution < -0.4 is 0 Å². The van der Waals surface area contributed by atoms with Gasteiger partial charge in [-0.15, -0.1) is 0 Å². The molecule has 0 aliphatic rings. The van der Waals surface area contributed by atoms with Crippen LogP contribution >= 0.6 is 0 Å². The van der Waals surface area contributed by atoms with Gasteiger partial charge in [-0.1, -0.05) is 48.0 Å². The van der Waals surface area contributed by atoms with Crippen molar-refractivity contribution in [1.82, 2.24) is 0 Å². The zero-order valence-electron chi connectivity index (χ0n) is 8.62. The van der Waals surface area contributed by atoms with Crippen molar-refractivity contribution in [1.29, 1.82) is 0 Å². The van der Waals surface area contributed by atoms with Gasteiger partial charge < -0.3 is 0 Å². The third kappa shape index (κ3) is 1.30. The van der Waals surface area contributed by atoms with Crippen molar-refractivity contribution in [2.45, 2.75) is 6.92 Å². The van der Waals surface area contributed by atoms with Crippen molar-refractivity contribution >= 4 is 21.5 Å². The third-order valence-corrected chi connectivity index (χ3v) is 2.84. The Kier molecular flexibility index (Phi) is 1.75. The molecule has 0 aromatic heterocycles. The number of hydrogen-bond acceptors (Lipinski definition) is 0. The molecule has 0 N–H and O–H groups in total. The summed E-state index contributed by atoms with van der Waals surface area (Å²) in [7, 11) is 0. The molecule has 0 amide bonds. The lowest BCUT2D eigenvalue weighted by molar-refractivity contribution is 1.51. The summed E-state index contributed by atoms with van der Waals surface area (Å²) in [6, 6.07) is 20.2. The molecule has 3 rings (SSSR count). The molecule has 1 radical (unpaired) electrons. The van der Waals surface area contributed by atoms with E-state index in [1.54, 1.807) is 0 Å². The number of hydrogen-bond donors (Lipinski definition) is 0. The van der Waals surface area contributed by atoms with E-state index >= 15 is 0 Å². The Bertz CT molecular complexity index is 636. The van der Waals surface area contributed by atoms with Gasteiger partial charge in [0.2, 0.25) is 0 Å². The number of rotatable bonds is 0. The quantitative estimate of drug-likeness (QED) is 0.469. The minimum atomic E-state index is 1.26. The molecule has 71 valence electrons. The van der Waals surface area contributed by atoms with Gasteiger partial charge in [0.15, 0.2) is 0 Å². The van der Waals surface area contributed by atoms with Gasteiger partial charge in [-0.25, -0.2) is 0 Å². The zero-order valence-corrected chi connectivity index (χ0v) is 8.62. The lowest BCUT2D eigenvalue weighted by Gasteiger charge is -2.04. The zero-order chi connectivity index (χ0) is 10.3. The molecule has 0 saturated heterocycles. The first-order valence-electron chi connectivity index (χ1n) is 5.14. The molecular weight excluding hydrogens is 180 g/mol. The molecule has 0 aliphatic heterocycles. The first kappa shape index (κ1) is 8.49. The molecular formula is C15H11. The Morgan fingerprint density at radius 3 is 2.60 bits per heavy atom. The van der Waals surface area contributed by atoms with Crippen molar-refractivity contribution in [3.63, 3.8) is 0 Å². The van der Waals surface area contributed by atoms with Crippen LogP contribution in [0.25, 0.3) is 21.5 Å². The topological polar surface area (TPSA) is 0 Å². The highest BCUT2D eigenvalue weighted by atomic mass is 14.0. The highest BCUT2D eigenvalue weighted by Crippen LogP contribution is 2.25. The summed E-state index contributed by atoms with van der Waals surface area (Å²) in [4.78, 5) is 0. The Morgan fingerprint density at radius 2 is 1.67 bits per heavy atom. The Balaban J connectivity index is 2.55. The molecule has 3 aromatic carbocycles. The van der Waals surface area contributed by atoms with Gasteiger partial charge in [-0.05, 0) is 40.6 Å². The maximum Gasteiger partial charge on any atom is -0.0105 e. The summed E-state index contributed by atoms with van der Waals surface area (Å²) in [5, 5.41) is 5.21. The van der Waals surface area contributed by atoms with Crippen molar-refractivity contribution in [2.24, 2.45) is 0 Å². The highest BCUT2D eigenvalue weighted by molar-refractivity contribution is 6.07. The van der Waals surface area contributed by atoms with Gasteiger partial charge in [-0.2, -0.15) is 0 Å². The number of benzene rings is 3. The van der Waals surface area contributed by atoms with E-state index in [4.69, 9.17) is 0 Å². The van der Waals surface area contributed by atoms with Crippen LogP contribution in [0.1, 0.15) is 5.56 Å². The monoisotopic (exact) mass is 191 g/mol. The molecule has 0 bridgehead atoms. The smallest absolute Gasteiger partial charge is 0.0105 e. The van der Waals surface area contributed by atoms with Crippen LogP contribution in [0.15, 0.2) is 48.5 Å². The largest absolute Gasteiger partial charge is 0.0587 e. The predicted octanol–water partition coefficient (Wildman–Crippen LogP) is 4.10. The molecule has 0 unspecified atom stereocenters. The molecule has 0 heterocycles. The standard InChI is InChI=1S/C15H11/c1-11-6-9-15-13(10-11)8-7-12-4-2-3-5-14(12)15/h3-10H,1H3. The first-order valence-corrected chi connectivity index (χ1v) is 5.14. The van der Waals surface area contributed by atoms with Crippen molar-refractivity contribution in [3.05, 3.63) is 60.2 Å². The van der Waals surface area contributed by atoms with E-state index in [1.807, 2.05) is 12.1 Å². The molecule has 3 aromatic rings. The lowest BCUT2D eigenvalue weighted by atomic mass is 10.0. The maximum absolute atomic E-state index is 3.11. The normalized spacial score (nSPS) is 11.0. The maximum atomic E-state index is 3.11. The van der Waals surface area contributed by atoms with E-state index in [2.05, 4.69) is 49.4 Å². The van der Waals surface area contributed by atoms with E-state index < -0.39 is 0 Å². The molecule has 0 saturated carbocycles. The second-order valence-electron chi connectivity index (χ2n) is 3.94. The van der Waals surface area contributed by atoms with E-state index in [0.29, 0.717) is 0 Å². The Hall–Kier alpha value is -1.82. The van der Waals surface area contributed by atoms with Crippen LogP contribution in [0.4, 0.5) is 0 Å². The van der Waals surface area contributed by atoms with Gasteiger partial charge >= 0.3 is 0 Å². The molecule has 0 fully saturated rings. The van der Waals surface area contributed by atoms with Gasteiger partial charge in [0, 0.05) is 0 Å². The van der Waals surface area contributed by atoms with Gasteiger partial charge in [-0.3, -0.25) is 0 Å². The van der Waals surface area contributed by atoms with Gasteiger partial charge in [0.05, 0.1) is 0 Å². The third-order valence-electron chi connectivity index (χ3n) is 2.84. The molecule has 0 nitrogen and oxygen atoms in total. The highest BCUT2D eigenvalue weighted by Gasteiger charge is 1.99. The fourth-order valence-electron chi connectivity index (χ4n) is 2.07. The Labute approximate surface area is 89.2 Å². The van der Waals surface area contributed by atoms with Gasteiger partial charge in [0.1, 0.15) is 0 Å². The molecule has 0 atom stereocenters. The van der Waals surface area contributed by atoms with Crippen LogP contribution in [-0.4, -0.2) is 0 Å². The first-order chi connectivity index (χ1) is 7.34. The minimum absolute atomic E-state index is 1.26. The van der Waals surface area contributed by atoms with Crippen LogP contribution in [0, 0.1) is 13.0 Å². The summed E-state index contributed by atoms with van der Waals surface area (Å²) in [5.41, 5.74) is 1.31. The van der Waals surface area contributed by atoms with E-state index in [9.17, 15) is 0 Å². The van der Waals surface area contributed by atoms with Crippen LogP contribution in [0.5, 0.6) is 0 Å². The SMILES string of the molecule is Cc1ccc2c(ccc3c[c]ccc32)c1. The van der Waals surface area contributed by atoms with Crippen molar-refractivity contribution in [2.75, 3.05) is 0 Å². The van der Waals surface area contributed by atoms with Crippen LogP contribution in [0.3, 0.4) is 0 Å². The summed E-state index contributed by atoms with van der Waals surface area (Å²) < 4.78 is 0. The number of aryl methyl sites for hydroxylation is 1. The predicted molar refractivity (Wildman–Crippen MR) is 65.0 cm³/mol.